The Bertz CT molecular complexity index is 276. The zero-order chi connectivity index (χ0) is 13.4. The van der Waals surface area contributed by atoms with E-state index < -0.39 is 24.0 Å². The molecule has 0 aromatic heterocycles. The number of ether oxygens (including phenoxy) is 1. The largest absolute Gasteiger partial charge is 0.467 e. The molecular formula is C12H21NO4. The molecule has 2 N–H and O–H groups in total. The van der Waals surface area contributed by atoms with Crippen LogP contribution in [0.5, 0.6) is 0 Å². The highest BCUT2D eigenvalue weighted by Crippen LogP contribution is 2.05. The molecule has 5 nitrogen and oxygen atoms in total. The molecule has 0 unspecified atom stereocenters. The number of esters is 1. The topological polar surface area (TPSA) is 75.6 Å². The minimum atomic E-state index is -1.10. The van der Waals surface area contributed by atoms with E-state index in [2.05, 4.69) is 16.6 Å². The Balaban J connectivity index is 4.39. The number of rotatable bonds is 7. The second-order valence-corrected chi connectivity index (χ2v) is 4.25. The zero-order valence-corrected chi connectivity index (χ0v) is 10.6. The van der Waals surface area contributed by atoms with E-state index in [0.29, 0.717) is 6.42 Å². The Morgan fingerprint density at radius 2 is 2.06 bits per heavy atom. The van der Waals surface area contributed by atoms with Gasteiger partial charge in [0.25, 0.3) is 0 Å². The third-order valence-electron chi connectivity index (χ3n) is 2.20. The van der Waals surface area contributed by atoms with Crippen LogP contribution >= 0.6 is 0 Å². The molecule has 5 heteroatoms. The van der Waals surface area contributed by atoms with Crippen molar-refractivity contribution in [2.24, 2.45) is 5.92 Å². The number of aliphatic hydroxyl groups is 1. The molecule has 0 aromatic rings. The highest BCUT2D eigenvalue weighted by atomic mass is 16.5. The van der Waals surface area contributed by atoms with E-state index in [0.717, 1.165) is 0 Å². The summed E-state index contributed by atoms with van der Waals surface area (Å²) < 4.78 is 4.54. The summed E-state index contributed by atoms with van der Waals surface area (Å²) in [6.45, 7) is 7.30. The number of carbonyl (C=O) groups is 2. The van der Waals surface area contributed by atoms with Gasteiger partial charge in [-0.1, -0.05) is 19.9 Å². The predicted molar refractivity (Wildman–Crippen MR) is 64.2 cm³/mol. The molecule has 98 valence electrons. The first-order valence-corrected chi connectivity index (χ1v) is 5.59. The smallest absolute Gasteiger partial charge is 0.328 e. The first kappa shape index (κ1) is 15.6. The molecule has 0 bridgehead atoms. The van der Waals surface area contributed by atoms with Crippen LogP contribution in [0.3, 0.4) is 0 Å². The molecule has 0 rings (SSSR count). The molecule has 0 saturated carbocycles. The highest BCUT2D eigenvalue weighted by Gasteiger charge is 2.24. The molecule has 0 saturated heterocycles. The monoisotopic (exact) mass is 243 g/mol. The fourth-order valence-corrected chi connectivity index (χ4v) is 1.34. The van der Waals surface area contributed by atoms with Gasteiger partial charge in [-0.3, -0.25) is 4.79 Å². The van der Waals surface area contributed by atoms with Gasteiger partial charge in [-0.2, -0.15) is 0 Å². The third-order valence-corrected chi connectivity index (χ3v) is 2.20. The summed E-state index contributed by atoms with van der Waals surface area (Å²) in [5, 5.41) is 12.0. The van der Waals surface area contributed by atoms with E-state index in [1.807, 2.05) is 13.8 Å². The summed E-state index contributed by atoms with van der Waals surface area (Å²) in [6.07, 6.45) is 1.03. The standard InChI is InChI=1S/C12H21NO4/c1-5-6-9(12(16)17-4)13-11(15)10(14)7-8(2)3/h5,8-10,14H,1,6-7H2,2-4H3,(H,13,15)/t9-,10+/m1/s1. The number of nitrogens with one attached hydrogen (secondary N) is 1. The SMILES string of the molecule is C=CC[C@@H](NC(=O)[C@@H](O)CC(C)C)C(=O)OC. The average molecular weight is 243 g/mol. The van der Waals surface area contributed by atoms with Crippen LogP contribution in [0, 0.1) is 5.92 Å². The number of hydrogen-bond donors (Lipinski definition) is 2. The molecule has 0 aromatic carbocycles. The predicted octanol–water partition coefficient (Wildman–Crippen LogP) is 0.627. The van der Waals surface area contributed by atoms with Crippen LogP contribution in [0.25, 0.3) is 0 Å². The van der Waals surface area contributed by atoms with Gasteiger partial charge in [-0.25, -0.2) is 4.79 Å². The lowest BCUT2D eigenvalue weighted by molar-refractivity contribution is -0.146. The third kappa shape index (κ3) is 6.06. The number of amides is 1. The van der Waals surface area contributed by atoms with Gasteiger partial charge in [0.1, 0.15) is 12.1 Å². The molecule has 1 amide bonds. The second-order valence-electron chi connectivity index (χ2n) is 4.25. The van der Waals surface area contributed by atoms with Crippen LogP contribution in [0.4, 0.5) is 0 Å². The van der Waals surface area contributed by atoms with Crippen molar-refractivity contribution in [2.45, 2.75) is 38.8 Å². The molecule has 0 heterocycles. The number of aliphatic hydroxyl groups excluding tert-OH is 1. The van der Waals surface area contributed by atoms with Crippen molar-refractivity contribution in [3.8, 4) is 0 Å². The first-order chi connectivity index (χ1) is 7.92. The Morgan fingerprint density at radius 3 is 2.47 bits per heavy atom. The number of methoxy groups -OCH3 is 1. The van der Waals surface area contributed by atoms with Crippen LogP contribution in [-0.4, -0.2) is 36.2 Å². The van der Waals surface area contributed by atoms with Crippen molar-refractivity contribution >= 4 is 11.9 Å². The number of hydrogen-bond acceptors (Lipinski definition) is 4. The summed E-state index contributed by atoms with van der Waals surface area (Å²) >= 11 is 0. The van der Waals surface area contributed by atoms with E-state index in [1.165, 1.54) is 13.2 Å². The van der Waals surface area contributed by atoms with E-state index in [-0.39, 0.29) is 12.3 Å². The molecule has 0 aliphatic rings. The van der Waals surface area contributed by atoms with Crippen molar-refractivity contribution in [1.29, 1.82) is 0 Å². The Hall–Kier alpha value is -1.36. The van der Waals surface area contributed by atoms with Crippen LogP contribution < -0.4 is 5.32 Å². The first-order valence-electron chi connectivity index (χ1n) is 5.59. The van der Waals surface area contributed by atoms with Gasteiger partial charge < -0.3 is 15.2 Å². The van der Waals surface area contributed by atoms with Gasteiger partial charge in [0.2, 0.25) is 5.91 Å². The van der Waals surface area contributed by atoms with Gasteiger partial charge >= 0.3 is 5.97 Å². The highest BCUT2D eigenvalue weighted by molar-refractivity contribution is 5.86. The molecule has 0 spiro atoms. The normalized spacial score (nSPS) is 13.9. The molecular weight excluding hydrogens is 222 g/mol. The van der Waals surface area contributed by atoms with Crippen LogP contribution in [0.1, 0.15) is 26.7 Å². The fourth-order valence-electron chi connectivity index (χ4n) is 1.34. The summed E-state index contributed by atoms with van der Waals surface area (Å²) in [5.41, 5.74) is 0. The number of carbonyl (C=O) groups excluding carboxylic acids is 2. The van der Waals surface area contributed by atoms with E-state index >= 15 is 0 Å². The zero-order valence-electron chi connectivity index (χ0n) is 10.6. The lowest BCUT2D eigenvalue weighted by Gasteiger charge is -2.18. The summed E-state index contributed by atoms with van der Waals surface area (Å²) in [6, 6.07) is -0.785. The lowest BCUT2D eigenvalue weighted by atomic mass is 10.1. The quantitative estimate of drug-likeness (QED) is 0.508. The molecule has 0 fully saturated rings. The van der Waals surface area contributed by atoms with Gasteiger partial charge in [-0.05, 0) is 18.8 Å². The molecule has 2 atom stereocenters. The van der Waals surface area contributed by atoms with Gasteiger partial charge in [0.05, 0.1) is 7.11 Å². The second kappa shape index (κ2) is 7.84. The summed E-state index contributed by atoms with van der Waals surface area (Å²) in [5.74, 6) is -0.905. The lowest BCUT2D eigenvalue weighted by Crippen LogP contribution is -2.46. The van der Waals surface area contributed by atoms with Crippen molar-refractivity contribution in [3.05, 3.63) is 12.7 Å². The van der Waals surface area contributed by atoms with E-state index in [9.17, 15) is 14.7 Å². The van der Waals surface area contributed by atoms with Crippen molar-refractivity contribution < 1.29 is 19.4 Å². The molecule has 0 aliphatic heterocycles. The maximum Gasteiger partial charge on any atom is 0.328 e. The van der Waals surface area contributed by atoms with Crippen molar-refractivity contribution in [3.63, 3.8) is 0 Å². The molecule has 17 heavy (non-hydrogen) atoms. The Morgan fingerprint density at radius 1 is 1.47 bits per heavy atom. The van der Waals surface area contributed by atoms with Crippen molar-refractivity contribution in [2.75, 3.05) is 7.11 Å². The minimum Gasteiger partial charge on any atom is -0.467 e. The van der Waals surface area contributed by atoms with Gasteiger partial charge in [0, 0.05) is 0 Å². The van der Waals surface area contributed by atoms with E-state index in [4.69, 9.17) is 0 Å². The maximum atomic E-state index is 11.6. The van der Waals surface area contributed by atoms with Crippen molar-refractivity contribution in [1.82, 2.24) is 5.32 Å². The van der Waals surface area contributed by atoms with Crippen LogP contribution in [0.2, 0.25) is 0 Å². The summed E-state index contributed by atoms with van der Waals surface area (Å²) in [4.78, 5) is 22.9. The maximum absolute atomic E-state index is 11.6. The fraction of sp³-hybridized carbons (Fsp3) is 0.667. The summed E-state index contributed by atoms with van der Waals surface area (Å²) in [7, 11) is 1.25. The van der Waals surface area contributed by atoms with E-state index in [1.54, 1.807) is 0 Å². The van der Waals surface area contributed by atoms with Crippen LogP contribution in [-0.2, 0) is 14.3 Å². The van der Waals surface area contributed by atoms with Gasteiger partial charge in [0.15, 0.2) is 0 Å². The molecule has 0 aliphatic carbocycles. The Labute approximate surface area is 102 Å². The van der Waals surface area contributed by atoms with Crippen LogP contribution in [0.15, 0.2) is 12.7 Å². The molecule has 0 radical (unpaired) electrons. The Kier molecular flexibility index (Phi) is 7.21. The average Bonchev–Trinajstić information content (AvgIpc) is 2.26. The van der Waals surface area contributed by atoms with Gasteiger partial charge in [-0.15, -0.1) is 6.58 Å². The minimum absolute atomic E-state index is 0.201.